The molecule has 36 heavy (non-hydrogen) atoms. The van der Waals surface area contributed by atoms with Gasteiger partial charge in [0.15, 0.2) is 17.7 Å². The van der Waals surface area contributed by atoms with Gasteiger partial charge in [-0.05, 0) is 55.8 Å². The van der Waals surface area contributed by atoms with Crippen LogP contribution in [0.2, 0.25) is 0 Å². The van der Waals surface area contributed by atoms with Crippen LogP contribution in [0.4, 0.5) is 10.1 Å². The van der Waals surface area contributed by atoms with Gasteiger partial charge in [0.1, 0.15) is 16.9 Å². The first kappa shape index (κ1) is 25.2. The molecule has 0 saturated heterocycles. The summed E-state index contributed by atoms with van der Waals surface area (Å²) in [5.41, 5.74) is 0.339. The molecule has 10 heteroatoms. The van der Waals surface area contributed by atoms with Crippen LogP contribution in [0.25, 0.3) is 21.9 Å². The van der Waals surface area contributed by atoms with E-state index < -0.39 is 27.9 Å². The molecule has 188 valence electrons. The van der Waals surface area contributed by atoms with Gasteiger partial charge in [0, 0.05) is 6.07 Å². The number of hydrogen-bond donors (Lipinski definition) is 0. The molecule has 0 aliphatic rings. The summed E-state index contributed by atoms with van der Waals surface area (Å²) < 4.78 is 57.3. The smallest absolute Gasteiger partial charge is 0.281 e. The fourth-order valence-electron chi connectivity index (χ4n) is 3.83. The Morgan fingerprint density at radius 1 is 1.06 bits per heavy atom. The Hall–Kier alpha value is -3.92. The first-order chi connectivity index (χ1) is 17.2. The van der Waals surface area contributed by atoms with Gasteiger partial charge in [-0.2, -0.15) is 0 Å². The molecule has 0 radical (unpaired) electrons. The molecule has 1 aromatic heterocycles. The molecule has 0 aliphatic heterocycles. The standard InChI is InChI=1S/C26H24FNO7S/c1-4-13-36(31,32)28(17-9-11-24(33-3)21(27)14-17)26(30)16(2)34-18-10-12-23-20(15-18)25(29)19-7-5-6-8-22(19)35-23/h5-12,14-16H,4,13H2,1-3H3. The highest BCUT2D eigenvalue weighted by Crippen LogP contribution is 2.28. The first-order valence-corrected chi connectivity index (χ1v) is 12.8. The summed E-state index contributed by atoms with van der Waals surface area (Å²) >= 11 is 0. The van der Waals surface area contributed by atoms with E-state index in [1.807, 2.05) is 0 Å². The number of ether oxygens (including phenoxy) is 2. The predicted molar refractivity (Wildman–Crippen MR) is 135 cm³/mol. The third-order valence-corrected chi connectivity index (χ3v) is 7.39. The Labute approximate surface area is 206 Å². The van der Waals surface area contributed by atoms with Gasteiger partial charge in [0.25, 0.3) is 5.91 Å². The Morgan fingerprint density at radius 2 is 1.78 bits per heavy atom. The topological polar surface area (TPSA) is 103 Å². The van der Waals surface area contributed by atoms with Crippen LogP contribution >= 0.6 is 0 Å². The van der Waals surface area contributed by atoms with Gasteiger partial charge in [0.2, 0.25) is 15.5 Å². The Balaban J connectivity index is 1.69. The molecule has 0 bridgehead atoms. The van der Waals surface area contributed by atoms with Crippen LogP contribution in [0.3, 0.4) is 0 Å². The van der Waals surface area contributed by atoms with Crippen LogP contribution in [0.15, 0.2) is 69.9 Å². The number of hydrogen-bond acceptors (Lipinski definition) is 7. The summed E-state index contributed by atoms with van der Waals surface area (Å²) in [6, 6.07) is 14.8. The molecule has 4 rings (SSSR count). The highest BCUT2D eigenvalue weighted by atomic mass is 32.2. The van der Waals surface area contributed by atoms with Gasteiger partial charge in [0.05, 0.1) is 29.3 Å². The van der Waals surface area contributed by atoms with Crippen molar-refractivity contribution >= 4 is 43.6 Å². The monoisotopic (exact) mass is 513 g/mol. The minimum absolute atomic E-state index is 0.0918. The average molecular weight is 514 g/mol. The highest BCUT2D eigenvalue weighted by molar-refractivity contribution is 7.93. The van der Waals surface area contributed by atoms with E-state index in [0.29, 0.717) is 20.9 Å². The lowest BCUT2D eigenvalue weighted by Crippen LogP contribution is -2.45. The van der Waals surface area contributed by atoms with Crippen molar-refractivity contribution in [2.45, 2.75) is 26.4 Å². The molecule has 0 saturated carbocycles. The number of carbonyl (C=O) groups excluding carboxylic acids is 1. The van der Waals surface area contributed by atoms with Gasteiger partial charge >= 0.3 is 0 Å². The lowest BCUT2D eigenvalue weighted by Gasteiger charge is -2.26. The third-order valence-electron chi connectivity index (χ3n) is 5.52. The molecule has 8 nitrogen and oxygen atoms in total. The number of anilines is 1. The summed E-state index contributed by atoms with van der Waals surface area (Å²) in [4.78, 5) is 26.3. The fourth-order valence-corrected chi connectivity index (χ4v) is 5.39. The van der Waals surface area contributed by atoms with Gasteiger partial charge in [-0.15, -0.1) is 0 Å². The third kappa shape index (κ3) is 4.76. The van der Waals surface area contributed by atoms with E-state index in [1.54, 1.807) is 37.3 Å². The van der Waals surface area contributed by atoms with Gasteiger partial charge in [-0.1, -0.05) is 19.1 Å². The molecule has 1 atom stereocenters. The zero-order chi connectivity index (χ0) is 26.0. The molecular formula is C26H24FNO7S. The Bertz CT molecular complexity index is 1610. The van der Waals surface area contributed by atoms with Crippen LogP contribution in [0, 0.1) is 5.82 Å². The SMILES string of the molecule is CCCS(=O)(=O)N(C(=O)C(C)Oc1ccc2oc3ccccc3c(=O)c2c1)c1ccc(OC)c(F)c1. The summed E-state index contributed by atoms with van der Waals surface area (Å²) in [6.45, 7) is 3.03. The number of amides is 1. The van der Waals surface area contributed by atoms with Crippen LogP contribution in [0.1, 0.15) is 20.3 Å². The number of benzene rings is 3. The summed E-state index contributed by atoms with van der Waals surface area (Å²) in [5, 5.41) is 0.642. The second kappa shape index (κ2) is 9.98. The molecule has 3 aromatic carbocycles. The summed E-state index contributed by atoms with van der Waals surface area (Å²) in [6.07, 6.45) is -1.04. The second-order valence-corrected chi connectivity index (χ2v) is 10.0. The van der Waals surface area contributed by atoms with Gasteiger partial charge < -0.3 is 13.9 Å². The molecular weight excluding hydrogens is 489 g/mol. The zero-order valence-electron chi connectivity index (χ0n) is 19.9. The quantitative estimate of drug-likeness (QED) is 0.316. The van der Waals surface area contributed by atoms with Gasteiger partial charge in [-0.25, -0.2) is 17.1 Å². The maximum Gasteiger partial charge on any atom is 0.281 e. The van der Waals surface area contributed by atoms with E-state index in [-0.39, 0.29) is 40.2 Å². The number of fused-ring (bicyclic) bond motifs is 2. The maximum atomic E-state index is 14.4. The van der Waals surface area contributed by atoms with E-state index >= 15 is 0 Å². The van der Waals surface area contributed by atoms with Crippen molar-refractivity contribution < 1.29 is 31.5 Å². The Morgan fingerprint density at radius 3 is 2.47 bits per heavy atom. The van der Waals surface area contributed by atoms with Crippen molar-refractivity contribution in [3.8, 4) is 11.5 Å². The molecule has 1 amide bonds. The fraction of sp³-hybridized carbons (Fsp3) is 0.231. The van der Waals surface area contributed by atoms with Crippen molar-refractivity contribution in [3.05, 3.63) is 76.7 Å². The molecule has 0 fully saturated rings. The number of para-hydroxylation sites is 1. The molecule has 0 aliphatic carbocycles. The number of rotatable bonds is 8. The van der Waals surface area contributed by atoms with Crippen LogP contribution in [-0.4, -0.2) is 33.3 Å². The second-order valence-electron chi connectivity index (χ2n) is 8.08. The largest absolute Gasteiger partial charge is 0.494 e. The number of halogens is 1. The van der Waals surface area contributed by atoms with Crippen molar-refractivity contribution in [1.82, 2.24) is 0 Å². The van der Waals surface area contributed by atoms with Gasteiger partial charge in [-0.3, -0.25) is 9.59 Å². The summed E-state index contributed by atoms with van der Waals surface area (Å²) in [5.74, 6) is -1.99. The summed E-state index contributed by atoms with van der Waals surface area (Å²) in [7, 11) is -2.86. The van der Waals surface area contributed by atoms with Crippen LogP contribution < -0.4 is 19.2 Å². The van der Waals surface area contributed by atoms with E-state index in [0.717, 1.165) is 6.07 Å². The predicted octanol–water partition coefficient (Wildman–Crippen LogP) is 4.63. The number of carbonyl (C=O) groups is 1. The number of methoxy groups -OCH3 is 1. The minimum atomic E-state index is -4.13. The minimum Gasteiger partial charge on any atom is -0.494 e. The Kier molecular flexibility index (Phi) is 6.98. The number of nitrogens with zero attached hydrogens (tertiary/aromatic N) is 1. The lowest BCUT2D eigenvalue weighted by atomic mass is 10.1. The van der Waals surface area contributed by atoms with E-state index in [4.69, 9.17) is 13.9 Å². The molecule has 0 spiro atoms. The van der Waals surface area contributed by atoms with E-state index in [1.165, 1.54) is 38.3 Å². The highest BCUT2D eigenvalue weighted by Gasteiger charge is 2.33. The average Bonchev–Trinajstić information content (AvgIpc) is 2.84. The van der Waals surface area contributed by atoms with E-state index in [9.17, 15) is 22.4 Å². The maximum absolute atomic E-state index is 14.4. The normalized spacial score (nSPS) is 12.4. The molecule has 1 unspecified atom stereocenters. The zero-order valence-corrected chi connectivity index (χ0v) is 20.7. The molecule has 1 heterocycles. The van der Waals surface area contributed by atoms with Crippen LogP contribution in [0.5, 0.6) is 11.5 Å². The van der Waals surface area contributed by atoms with Crippen LogP contribution in [-0.2, 0) is 14.8 Å². The van der Waals surface area contributed by atoms with Crippen molar-refractivity contribution in [1.29, 1.82) is 0 Å². The van der Waals surface area contributed by atoms with E-state index in [2.05, 4.69) is 0 Å². The molecule has 0 N–H and O–H groups in total. The van der Waals surface area contributed by atoms with Crippen molar-refractivity contribution in [2.75, 3.05) is 17.2 Å². The first-order valence-electron chi connectivity index (χ1n) is 11.2. The lowest BCUT2D eigenvalue weighted by molar-refractivity contribution is -0.123. The van der Waals surface area contributed by atoms with Crippen molar-refractivity contribution in [3.63, 3.8) is 0 Å². The molecule has 4 aromatic rings. The number of sulfonamides is 1. The van der Waals surface area contributed by atoms with Crippen molar-refractivity contribution in [2.24, 2.45) is 0 Å².